The maximum atomic E-state index is 12.4. The van der Waals surface area contributed by atoms with Gasteiger partial charge < -0.3 is 24.6 Å². The number of hydrogen-bond acceptors (Lipinski definition) is 5. The van der Waals surface area contributed by atoms with Gasteiger partial charge in [0.15, 0.2) is 11.5 Å². The summed E-state index contributed by atoms with van der Waals surface area (Å²) in [5, 5.41) is 12.0. The molecule has 0 aliphatic rings. The zero-order valence-corrected chi connectivity index (χ0v) is 13.1. The van der Waals surface area contributed by atoms with Crippen molar-refractivity contribution >= 4 is 5.91 Å². The number of hydrogen-bond donors (Lipinski definition) is 2. The highest BCUT2D eigenvalue weighted by Gasteiger charge is 2.22. The lowest BCUT2D eigenvalue weighted by Crippen LogP contribution is -2.38. The van der Waals surface area contributed by atoms with Gasteiger partial charge in [0.25, 0.3) is 5.91 Å². The molecule has 0 aromatic heterocycles. The fraction of sp³-hybridized carbons (Fsp3) is 0.533. The van der Waals surface area contributed by atoms with Crippen molar-refractivity contribution in [3.63, 3.8) is 0 Å². The van der Waals surface area contributed by atoms with Crippen LogP contribution in [0.15, 0.2) is 12.1 Å². The zero-order valence-electron chi connectivity index (χ0n) is 13.1. The summed E-state index contributed by atoms with van der Waals surface area (Å²) in [5.41, 5.74) is 0.354. The molecule has 1 rings (SSSR count). The Hall–Kier alpha value is -1.95. The number of aliphatic hydroxyl groups excluding tert-OH is 1. The second-order valence-electron chi connectivity index (χ2n) is 4.80. The smallest absolute Gasteiger partial charge is 0.255 e. The molecular weight excluding hydrogens is 274 g/mol. The van der Waals surface area contributed by atoms with Crippen molar-refractivity contribution in [2.75, 3.05) is 27.9 Å². The highest BCUT2D eigenvalue weighted by Crippen LogP contribution is 2.39. The summed E-state index contributed by atoms with van der Waals surface area (Å²) in [6.07, 6.45) is 0. The van der Waals surface area contributed by atoms with Crippen molar-refractivity contribution in [2.24, 2.45) is 5.92 Å². The van der Waals surface area contributed by atoms with Crippen LogP contribution in [0.3, 0.4) is 0 Å². The topological polar surface area (TPSA) is 77.0 Å². The molecule has 6 heteroatoms. The lowest BCUT2D eigenvalue weighted by Gasteiger charge is -2.21. The Kier molecular flexibility index (Phi) is 6.30. The fourth-order valence-corrected chi connectivity index (χ4v) is 1.86. The van der Waals surface area contributed by atoms with Crippen LogP contribution in [0.4, 0.5) is 0 Å². The predicted octanol–water partition coefficient (Wildman–Crippen LogP) is 1.46. The standard InChI is InChI=1S/C15H23NO5/c1-9(8-17)10(2)16-15(18)11-6-7-12(19-3)14(21-5)13(11)20-4/h6-7,9-10,17H,8H2,1-5H3,(H,16,18). The minimum absolute atomic E-state index is 0.00448. The van der Waals surface area contributed by atoms with Gasteiger partial charge in [-0.2, -0.15) is 0 Å². The van der Waals surface area contributed by atoms with E-state index in [0.29, 0.717) is 22.8 Å². The summed E-state index contributed by atoms with van der Waals surface area (Å²) >= 11 is 0. The lowest BCUT2D eigenvalue weighted by molar-refractivity contribution is 0.0912. The maximum absolute atomic E-state index is 12.4. The van der Waals surface area contributed by atoms with Crippen LogP contribution >= 0.6 is 0 Å². The molecule has 0 saturated heterocycles. The van der Waals surface area contributed by atoms with Gasteiger partial charge >= 0.3 is 0 Å². The lowest BCUT2D eigenvalue weighted by atomic mass is 10.0. The maximum Gasteiger partial charge on any atom is 0.255 e. The Morgan fingerprint density at radius 1 is 1.14 bits per heavy atom. The summed E-state index contributed by atoms with van der Waals surface area (Å²) in [7, 11) is 4.47. The van der Waals surface area contributed by atoms with Crippen molar-refractivity contribution in [2.45, 2.75) is 19.9 Å². The van der Waals surface area contributed by atoms with Crippen LogP contribution in [0, 0.1) is 5.92 Å². The normalized spacial score (nSPS) is 13.2. The summed E-state index contributed by atoms with van der Waals surface area (Å²) in [6, 6.07) is 3.10. The molecule has 2 N–H and O–H groups in total. The summed E-state index contributed by atoms with van der Waals surface area (Å²) in [4.78, 5) is 12.4. The van der Waals surface area contributed by atoms with Gasteiger partial charge in [0.2, 0.25) is 5.75 Å². The number of methoxy groups -OCH3 is 3. The average Bonchev–Trinajstić information content (AvgIpc) is 2.51. The molecule has 1 amide bonds. The van der Waals surface area contributed by atoms with Gasteiger partial charge in [-0.05, 0) is 25.0 Å². The molecule has 2 atom stereocenters. The van der Waals surface area contributed by atoms with E-state index in [-0.39, 0.29) is 24.5 Å². The molecule has 0 heterocycles. The van der Waals surface area contributed by atoms with E-state index in [1.165, 1.54) is 21.3 Å². The van der Waals surface area contributed by atoms with E-state index in [1.54, 1.807) is 12.1 Å². The molecule has 0 saturated carbocycles. The van der Waals surface area contributed by atoms with Crippen LogP contribution in [-0.4, -0.2) is 45.0 Å². The van der Waals surface area contributed by atoms with Gasteiger partial charge in [0.1, 0.15) is 0 Å². The Balaban J connectivity index is 3.10. The van der Waals surface area contributed by atoms with Gasteiger partial charge in [0.05, 0.1) is 26.9 Å². The van der Waals surface area contributed by atoms with Crippen molar-refractivity contribution < 1.29 is 24.1 Å². The van der Waals surface area contributed by atoms with Crippen LogP contribution in [0.2, 0.25) is 0 Å². The van der Waals surface area contributed by atoms with Gasteiger partial charge in [-0.25, -0.2) is 0 Å². The third kappa shape index (κ3) is 3.78. The summed E-state index contributed by atoms with van der Waals surface area (Å²) in [5.74, 6) is 0.845. The van der Waals surface area contributed by atoms with Gasteiger partial charge in [-0.1, -0.05) is 6.92 Å². The van der Waals surface area contributed by atoms with Gasteiger partial charge in [-0.15, -0.1) is 0 Å². The fourth-order valence-electron chi connectivity index (χ4n) is 1.86. The molecule has 0 radical (unpaired) electrons. The molecule has 6 nitrogen and oxygen atoms in total. The first kappa shape index (κ1) is 17.1. The minimum Gasteiger partial charge on any atom is -0.493 e. The van der Waals surface area contributed by atoms with Crippen LogP contribution in [0.25, 0.3) is 0 Å². The largest absolute Gasteiger partial charge is 0.493 e. The Morgan fingerprint density at radius 2 is 1.76 bits per heavy atom. The monoisotopic (exact) mass is 297 g/mol. The first-order valence-corrected chi connectivity index (χ1v) is 6.70. The molecule has 1 aromatic carbocycles. The molecule has 0 aliphatic carbocycles. The van der Waals surface area contributed by atoms with E-state index in [2.05, 4.69) is 5.32 Å². The summed E-state index contributed by atoms with van der Waals surface area (Å²) in [6.45, 7) is 3.70. The molecule has 0 fully saturated rings. The number of amides is 1. The second kappa shape index (κ2) is 7.73. The number of aliphatic hydroxyl groups is 1. The van der Waals surface area contributed by atoms with Crippen LogP contribution in [-0.2, 0) is 0 Å². The highest BCUT2D eigenvalue weighted by atomic mass is 16.5. The first-order valence-electron chi connectivity index (χ1n) is 6.70. The van der Waals surface area contributed by atoms with Crippen LogP contribution in [0.1, 0.15) is 24.2 Å². The Bertz CT molecular complexity index is 489. The zero-order chi connectivity index (χ0) is 16.0. The molecule has 0 spiro atoms. The first-order chi connectivity index (χ1) is 9.99. The second-order valence-corrected chi connectivity index (χ2v) is 4.80. The number of carbonyl (C=O) groups excluding carboxylic acids is 1. The third-order valence-corrected chi connectivity index (χ3v) is 3.45. The van der Waals surface area contributed by atoms with Crippen molar-refractivity contribution in [3.05, 3.63) is 17.7 Å². The predicted molar refractivity (Wildman–Crippen MR) is 79.3 cm³/mol. The van der Waals surface area contributed by atoms with E-state index in [4.69, 9.17) is 19.3 Å². The Labute approximate surface area is 125 Å². The molecule has 0 aliphatic heterocycles. The van der Waals surface area contributed by atoms with Crippen LogP contribution in [0.5, 0.6) is 17.2 Å². The van der Waals surface area contributed by atoms with Crippen LogP contribution < -0.4 is 19.5 Å². The Morgan fingerprint density at radius 3 is 2.24 bits per heavy atom. The van der Waals surface area contributed by atoms with E-state index >= 15 is 0 Å². The molecule has 2 unspecified atom stereocenters. The molecule has 21 heavy (non-hydrogen) atoms. The number of ether oxygens (including phenoxy) is 3. The molecular formula is C15H23NO5. The molecule has 0 bridgehead atoms. The van der Waals surface area contributed by atoms with Crippen molar-refractivity contribution in [1.82, 2.24) is 5.32 Å². The van der Waals surface area contributed by atoms with Crippen molar-refractivity contribution in [3.8, 4) is 17.2 Å². The van der Waals surface area contributed by atoms with E-state index in [0.717, 1.165) is 0 Å². The molecule has 118 valence electrons. The van der Waals surface area contributed by atoms with Gasteiger partial charge in [-0.3, -0.25) is 4.79 Å². The van der Waals surface area contributed by atoms with E-state index in [9.17, 15) is 4.79 Å². The van der Waals surface area contributed by atoms with Crippen molar-refractivity contribution in [1.29, 1.82) is 0 Å². The number of nitrogens with one attached hydrogen (secondary N) is 1. The quantitative estimate of drug-likeness (QED) is 0.797. The number of benzene rings is 1. The SMILES string of the molecule is COc1ccc(C(=O)NC(C)C(C)CO)c(OC)c1OC. The van der Waals surface area contributed by atoms with Gasteiger partial charge in [0, 0.05) is 12.6 Å². The third-order valence-electron chi connectivity index (χ3n) is 3.45. The van der Waals surface area contributed by atoms with E-state index < -0.39 is 0 Å². The molecule has 1 aromatic rings. The van der Waals surface area contributed by atoms with E-state index in [1.807, 2.05) is 13.8 Å². The highest BCUT2D eigenvalue weighted by molar-refractivity contribution is 5.98. The summed E-state index contributed by atoms with van der Waals surface area (Å²) < 4.78 is 15.7. The number of carbonyl (C=O) groups is 1. The minimum atomic E-state index is -0.291. The average molecular weight is 297 g/mol. The number of rotatable bonds is 7.